The Morgan fingerprint density at radius 2 is 2.14 bits per heavy atom. The van der Waals surface area contributed by atoms with Crippen LogP contribution in [0.4, 0.5) is 0 Å². The molecule has 0 radical (unpaired) electrons. The smallest absolute Gasteiger partial charge is 0.360 e. The normalized spacial score (nSPS) is 19.0. The number of hydrogen-bond donors (Lipinski definition) is 2. The molecule has 1 saturated carbocycles. The van der Waals surface area contributed by atoms with Gasteiger partial charge in [-0.3, -0.25) is 9.59 Å². The zero-order valence-electron chi connectivity index (χ0n) is 15.6. The van der Waals surface area contributed by atoms with E-state index in [1.165, 1.54) is 13.4 Å². The van der Waals surface area contributed by atoms with E-state index in [-0.39, 0.29) is 48.3 Å². The summed E-state index contributed by atoms with van der Waals surface area (Å²) in [6.45, 7) is 0.207. The number of ether oxygens (including phenoxy) is 1. The minimum atomic E-state index is -0.546. The lowest BCUT2D eigenvalue weighted by atomic mass is 9.90. The van der Waals surface area contributed by atoms with E-state index in [0.29, 0.717) is 0 Å². The van der Waals surface area contributed by atoms with Gasteiger partial charge in [0.15, 0.2) is 11.5 Å². The van der Waals surface area contributed by atoms with Crippen LogP contribution < -0.4 is 10.6 Å². The van der Waals surface area contributed by atoms with Gasteiger partial charge in [-0.15, -0.1) is 5.10 Å². The van der Waals surface area contributed by atoms with Crippen LogP contribution in [0.15, 0.2) is 29.0 Å². The molecule has 28 heavy (non-hydrogen) atoms. The standard InChI is InChI=1S/C18H23N5O5/c1-27-18(26)13-11-23(22-21-13)14-6-3-2-5-12(14)20-16(24)8-9-19-17(25)15-7-4-10-28-15/h4,7,10-12,14H,2-3,5-6,8-9H2,1H3,(H,19,25)(H,20,24)/t12-,14-/m1/s1. The lowest BCUT2D eigenvalue weighted by molar-refractivity contribution is -0.122. The van der Waals surface area contributed by atoms with E-state index < -0.39 is 5.97 Å². The van der Waals surface area contributed by atoms with Gasteiger partial charge >= 0.3 is 5.97 Å². The van der Waals surface area contributed by atoms with Crippen LogP contribution in [0.25, 0.3) is 0 Å². The molecule has 10 heteroatoms. The van der Waals surface area contributed by atoms with Crippen LogP contribution in [0.5, 0.6) is 0 Å². The van der Waals surface area contributed by atoms with Gasteiger partial charge in [-0.05, 0) is 25.0 Å². The van der Waals surface area contributed by atoms with Gasteiger partial charge in [0.25, 0.3) is 5.91 Å². The average Bonchev–Trinajstić information content (AvgIpc) is 3.40. The summed E-state index contributed by atoms with van der Waals surface area (Å²) in [4.78, 5) is 35.7. The van der Waals surface area contributed by atoms with Crippen LogP contribution in [0.3, 0.4) is 0 Å². The van der Waals surface area contributed by atoms with Crippen molar-refractivity contribution < 1.29 is 23.5 Å². The molecule has 1 fully saturated rings. The third-order valence-corrected chi connectivity index (χ3v) is 4.70. The van der Waals surface area contributed by atoms with E-state index in [1.807, 2.05) is 0 Å². The number of furan rings is 1. The molecule has 2 heterocycles. The van der Waals surface area contributed by atoms with Crippen molar-refractivity contribution in [3.8, 4) is 0 Å². The Morgan fingerprint density at radius 3 is 2.89 bits per heavy atom. The third-order valence-electron chi connectivity index (χ3n) is 4.70. The molecule has 150 valence electrons. The maximum Gasteiger partial charge on any atom is 0.360 e. The van der Waals surface area contributed by atoms with Crippen molar-refractivity contribution in [2.75, 3.05) is 13.7 Å². The Bertz CT molecular complexity index is 816. The number of methoxy groups -OCH3 is 1. The Kier molecular flexibility index (Phi) is 6.41. The molecule has 0 saturated heterocycles. The number of carbonyl (C=O) groups is 3. The molecule has 2 amide bonds. The zero-order chi connectivity index (χ0) is 19.9. The van der Waals surface area contributed by atoms with Crippen molar-refractivity contribution in [3.05, 3.63) is 36.0 Å². The first-order valence-corrected chi connectivity index (χ1v) is 9.19. The summed E-state index contributed by atoms with van der Waals surface area (Å²) in [6, 6.07) is 2.99. The van der Waals surface area contributed by atoms with E-state index in [0.717, 1.165) is 25.7 Å². The maximum atomic E-state index is 12.3. The fourth-order valence-corrected chi connectivity index (χ4v) is 3.30. The predicted molar refractivity (Wildman–Crippen MR) is 96.5 cm³/mol. The maximum absolute atomic E-state index is 12.3. The molecule has 0 aromatic carbocycles. The largest absolute Gasteiger partial charge is 0.464 e. The Balaban J connectivity index is 1.52. The zero-order valence-corrected chi connectivity index (χ0v) is 15.6. The fraction of sp³-hybridized carbons (Fsp3) is 0.500. The number of rotatable bonds is 7. The van der Waals surface area contributed by atoms with Crippen LogP contribution >= 0.6 is 0 Å². The summed E-state index contributed by atoms with van der Waals surface area (Å²) in [5, 5.41) is 13.5. The van der Waals surface area contributed by atoms with Gasteiger partial charge in [0.2, 0.25) is 5.91 Å². The minimum Gasteiger partial charge on any atom is -0.464 e. The van der Waals surface area contributed by atoms with E-state index >= 15 is 0 Å². The number of amides is 2. The van der Waals surface area contributed by atoms with E-state index in [1.54, 1.807) is 23.0 Å². The molecule has 0 aliphatic heterocycles. The lowest BCUT2D eigenvalue weighted by Crippen LogP contribution is -2.44. The highest BCUT2D eigenvalue weighted by Crippen LogP contribution is 2.28. The first-order chi connectivity index (χ1) is 13.6. The molecule has 1 aliphatic rings. The summed E-state index contributed by atoms with van der Waals surface area (Å²) < 4.78 is 11.3. The van der Waals surface area contributed by atoms with Crippen molar-refractivity contribution in [2.24, 2.45) is 0 Å². The lowest BCUT2D eigenvalue weighted by Gasteiger charge is -2.32. The average molecular weight is 389 g/mol. The van der Waals surface area contributed by atoms with Gasteiger partial charge in [0, 0.05) is 13.0 Å². The highest BCUT2D eigenvalue weighted by molar-refractivity contribution is 5.91. The van der Waals surface area contributed by atoms with Crippen molar-refractivity contribution in [3.63, 3.8) is 0 Å². The number of esters is 1. The van der Waals surface area contributed by atoms with Crippen LogP contribution in [0.1, 0.15) is 59.2 Å². The van der Waals surface area contributed by atoms with Crippen LogP contribution in [0, 0.1) is 0 Å². The second kappa shape index (κ2) is 9.16. The van der Waals surface area contributed by atoms with Crippen molar-refractivity contribution >= 4 is 17.8 Å². The molecule has 1 aliphatic carbocycles. The van der Waals surface area contributed by atoms with Gasteiger partial charge in [-0.2, -0.15) is 0 Å². The molecular formula is C18H23N5O5. The quantitative estimate of drug-likeness (QED) is 0.678. The fourth-order valence-electron chi connectivity index (χ4n) is 3.30. The van der Waals surface area contributed by atoms with Gasteiger partial charge < -0.3 is 19.8 Å². The Labute approximate surface area is 161 Å². The minimum absolute atomic E-state index is 0.0821. The van der Waals surface area contributed by atoms with Crippen LogP contribution in [-0.2, 0) is 9.53 Å². The molecule has 0 spiro atoms. The number of nitrogens with zero attached hydrogens (tertiary/aromatic N) is 3. The van der Waals surface area contributed by atoms with Crippen LogP contribution in [-0.4, -0.2) is 52.5 Å². The first kappa shape index (κ1) is 19.6. The predicted octanol–water partition coefficient (Wildman–Crippen LogP) is 1.08. The molecule has 2 N–H and O–H groups in total. The molecule has 3 rings (SSSR count). The summed E-state index contributed by atoms with van der Waals surface area (Å²) >= 11 is 0. The van der Waals surface area contributed by atoms with Crippen molar-refractivity contribution in [2.45, 2.75) is 44.2 Å². The SMILES string of the molecule is COC(=O)c1cn([C@@H]2CCCC[C@H]2NC(=O)CCNC(=O)c2ccco2)nn1. The van der Waals surface area contributed by atoms with E-state index in [2.05, 4.69) is 25.7 Å². The number of aromatic nitrogens is 3. The Morgan fingerprint density at radius 1 is 1.32 bits per heavy atom. The number of hydrogen-bond acceptors (Lipinski definition) is 7. The van der Waals surface area contributed by atoms with Gasteiger partial charge in [-0.1, -0.05) is 18.1 Å². The van der Waals surface area contributed by atoms with Crippen LogP contribution in [0.2, 0.25) is 0 Å². The monoisotopic (exact) mass is 389 g/mol. The molecule has 2 atom stereocenters. The summed E-state index contributed by atoms with van der Waals surface area (Å²) in [6.07, 6.45) is 6.75. The highest BCUT2D eigenvalue weighted by atomic mass is 16.5. The van der Waals surface area contributed by atoms with E-state index in [4.69, 9.17) is 4.42 Å². The highest BCUT2D eigenvalue weighted by Gasteiger charge is 2.29. The molecule has 0 bridgehead atoms. The Hall–Kier alpha value is -3.17. The second-order valence-electron chi connectivity index (χ2n) is 6.58. The summed E-state index contributed by atoms with van der Waals surface area (Å²) in [5.74, 6) is -0.855. The second-order valence-corrected chi connectivity index (χ2v) is 6.58. The summed E-state index contributed by atoms with van der Waals surface area (Å²) in [5.41, 5.74) is 0.138. The molecule has 2 aromatic heterocycles. The number of carbonyl (C=O) groups excluding carboxylic acids is 3. The van der Waals surface area contributed by atoms with Gasteiger partial charge in [0.05, 0.1) is 31.7 Å². The molecular weight excluding hydrogens is 366 g/mol. The van der Waals surface area contributed by atoms with E-state index in [9.17, 15) is 14.4 Å². The summed E-state index contributed by atoms with van der Waals surface area (Å²) in [7, 11) is 1.29. The topological polar surface area (TPSA) is 128 Å². The van der Waals surface area contributed by atoms with Crippen molar-refractivity contribution in [1.29, 1.82) is 0 Å². The molecule has 10 nitrogen and oxygen atoms in total. The first-order valence-electron chi connectivity index (χ1n) is 9.19. The third kappa shape index (κ3) is 4.76. The van der Waals surface area contributed by atoms with Gasteiger partial charge in [0.1, 0.15) is 0 Å². The molecule has 2 aromatic rings. The van der Waals surface area contributed by atoms with Gasteiger partial charge in [-0.25, -0.2) is 9.48 Å². The molecule has 0 unspecified atom stereocenters. The number of nitrogens with one attached hydrogen (secondary N) is 2. The van der Waals surface area contributed by atoms with Crippen molar-refractivity contribution in [1.82, 2.24) is 25.6 Å².